The number of likely N-dealkylation sites (N-methyl/N-ethyl adjacent to an activating group) is 1. The number of amides is 1. The highest BCUT2D eigenvalue weighted by molar-refractivity contribution is 5.86. The van der Waals surface area contributed by atoms with Gasteiger partial charge in [-0.15, -0.1) is 0 Å². The highest BCUT2D eigenvalue weighted by Crippen LogP contribution is 2.20. The Labute approximate surface area is 79.8 Å². The van der Waals surface area contributed by atoms with Crippen LogP contribution in [0.25, 0.3) is 0 Å². The Morgan fingerprint density at radius 2 is 2.14 bits per heavy atom. The van der Waals surface area contributed by atoms with E-state index in [9.17, 15) is 18.0 Å². The maximum atomic E-state index is 11.9. The van der Waals surface area contributed by atoms with Crippen molar-refractivity contribution in [1.82, 2.24) is 4.90 Å². The second-order valence-electron chi connectivity index (χ2n) is 2.64. The molecule has 0 rings (SSSR count). The van der Waals surface area contributed by atoms with Crippen molar-refractivity contribution in [2.24, 2.45) is 0 Å². The summed E-state index contributed by atoms with van der Waals surface area (Å²) < 4.78 is 35.7. The van der Waals surface area contributed by atoms with Crippen LogP contribution >= 0.6 is 0 Å². The summed E-state index contributed by atoms with van der Waals surface area (Å²) >= 11 is 0. The average Bonchev–Trinajstić information content (AvgIpc) is 2.10. The van der Waals surface area contributed by atoms with Crippen molar-refractivity contribution in [3.05, 3.63) is 12.7 Å². The molecule has 0 aliphatic rings. The molecular weight excluding hydrogens is 199 g/mol. The fourth-order valence-electron chi connectivity index (χ4n) is 0.816. The highest BCUT2D eigenvalue weighted by Gasteiger charge is 2.39. The molecule has 1 amide bonds. The van der Waals surface area contributed by atoms with Crippen molar-refractivity contribution in [1.29, 1.82) is 0 Å². The first-order valence-electron chi connectivity index (χ1n) is 3.99. The molecule has 1 N–H and O–H groups in total. The van der Waals surface area contributed by atoms with Crippen LogP contribution in [0.1, 0.15) is 6.92 Å². The molecule has 14 heavy (non-hydrogen) atoms. The molecular formula is C8H12F3NO2. The quantitative estimate of drug-likeness (QED) is 0.703. The van der Waals surface area contributed by atoms with Crippen LogP contribution in [0, 0.1) is 0 Å². The van der Waals surface area contributed by atoms with Gasteiger partial charge >= 0.3 is 6.18 Å². The van der Waals surface area contributed by atoms with Crippen LogP contribution in [0.2, 0.25) is 0 Å². The van der Waals surface area contributed by atoms with Gasteiger partial charge in [-0.05, 0) is 13.0 Å². The highest BCUT2D eigenvalue weighted by atomic mass is 19.4. The minimum absolute atomic E-state index is 0.0952. The van der Waals surface area contributed by atoms with Crippen molar-refractivity contribution in [3.63, 3.8) is 0 Å². The number of rotatable bonds is 4. The second kappa shape index (κ2) is 4.99. The first kappa shape index (κ1) is 13.0. The zero-order chi connectivity index (χ0) is 11.4. The molecule has 1 atom stereocenters. The number of halogens is 3. The number of carbonyl (C=O) groups excluding carboxylic acids is 1. The summed E-state index contributed by atoms with van der Waals surface area (Å²) in [6.45, 7) is 4.00. The van der Waals surface area contributed by atoms with Gasteiger partial charge in [-0.2, -0.15) is 13.2 Å². The fourth-order valence-corrected chi connectivity index (χ4v) is 0.816. The van der Waals surface area contributed by atoms with E-state index >= 15 is 0 Å². The van der Waals surface area contributed by atoms with E-state index in [0.29, 0.717) is 0 Å². The van der Waals surface area contributed by atoms with Gasteiger partial charge in [-0.3, -0.25) is 4.79 Å². The van der Waals surface area contributed by atoms with Crippen molar-refractivity contribution in [2.45, 2.75) is 19.2 Å². The molecule has 0 radical (unpaired) electrons. The Morgan fingerprint density at radius 1 is 1.64 bits per heavy atom. The van der Waals surface area contributed by atoms with Crippen LogP contribution in [0.4, 0.5) is 13.2 Å². The lowest BCUT2D eigenvalue weighted by Gasteiger charge is -2.23. The van der Waals surface area contributed by atoms with E-state index in [4.69, 9.17) is 5.11 Å². The normalized spacial score (nSPS) is 13.5. The lowest BCUT2D eigenvalue weighted by molar-refractivity contribution is -0.207. The van der Waals surface area contributed by atoms with Gasteiger partial charge in [0.2, 0.25) is 5.91 Å². The van der Waals surface area contributed by atoms with Gasteiger partial charge in [0.1, 0.15) is 0 Å². The van der Waals surface area contributed by atoms with Crippen LogP contribution in [-0.4, -0.2) is 41.3 Å². The first-order valence-corrected chi connectivity index (χ1v) is 3.99. The molecule has 0 spiro atoms. The van der Waals surface area contributed by atoms with Crippen molar-refractivity contribution >= 4 is 5.91 Å². The van der Waals surface area contributed by atoms with Gasteiger partial charge in [0.15, 0.2) is 6.10 Å². The van der Waals surface area contributed by atoms with Gasteiger partial charge < -0.3 is 10.0 Å². The number of carbonyl (C=O) groups is 1. The summed E-state index contributed by atoms with van der Waals surface area (Å²) in [5.41, 5.74) is 0. The predicted octanol–water partition coefficient (Wildman–Crippen LogP) is 0.944. The second-order valence-corrected chi connectivity index (χ2v) is 2.64. The summed E-state index contributed by atoms with van der Waals surface area (Å²) in [7, 11) is 0. The van der Waals surface area contributed by atoms with Crippen LogP contribution in [-0.2, 0) is 4.79 Å². The molecule has 0 aliphatic carbocycles. The molecule has 82 valence electrons. The number of hydrogen-bond acceptors (Lipinski definition) is 2. The Hall–Kier alpha value is -1.04. The standard InChI is InChI=1S/C8H12F3NO2/c1-3-7(14)12(4-2)5-6(13)8(9,10)11/h3,6,13H,1,4-5H2,2H3. The Morgan fingerprint density at radius 3 is 2.43 bits per heavy atom. The van der Waals surface area contributed by atoms with Crippen LogP contribution in [0.5, 0.6) is 0 Å². The summed E-state index contributed by atoms with van der Waals surface area (Å²) in [5.74, 6) is -0.629. The molecule has 0 aromatic heterocycles. The smallest absolute Gasteiger partial charge is 0.382 e. The van der Waals surface area contributed by atoms with Crippen molar-refractivity contribution < 1.29 is 23.1 Å². The van der Waals surface area contributed by atoms with Crippen molar-refractivity contribution in [3.8, 4) is 0 Å². The third-order valence-electron chi connectivity index (χ3n) is 1.64. The lowest BCUT2D eigenvalue weighted by atomic mass is 10.3. The van der Waals surface area contributed by atoms with E-state index < -0.39 is 24.7 Å². The van der Waals surface area contributed by atoms with Crippen LogP contribution in [0.15, 0.2) is 12.7 Å². The van der Waals surface area contributed by atoms with E-state index in [1.807, 2.05) is 0 Å². The minimum Gasteiger partial charge on any atom is -0.382 e. The molecule has 0 aromatic carbocycles. The number of hydrogen-bond donors (Lipinski definition) is 1. The minimum atomic E-state index is -4.70. The largest absolute Gasteiger partial charge is 0.416 e. The Bertz CT molecular complexity index is 215. The molecule has 3 nitrogen and oxygen atoms in total. The van der Waals surface area contributed by atoms with Crippen LogP contribution < -0.4 is 0 Å². The first-order chi connectivity index (χ1) is 6.32. The molecule has 1 unspecified atom stereocenters. The van der Waals surface area contributed by atoms with E-state index in [-0.39, 0.29) is 6.54 Å². The maximum absolute atomic E-state index is 11.9. The SMILES string of the molecule is C=CC(=O)N(CC)CC(O)C(F)(F)F. The number of aliphatic hydroxyl groups is 1. The molecule has 0 saturated carbocycles. The summed E-state index contributed by atoms with van der Waals surface area (Å²) in [4.78, 5) is 11.8. The average molecular weight is 211 g/mol. The summed E-state index contributed by atoms with van der Waals surface area (Å²) in [5, 5.41) is 8.68. The molecule has 0 heterocycles. The fraction of sp³-hybridized carbons (Fsp3) is 0.625. The lowest BCUT2D eigenvalue weighted by Crippen LogP contribution is -2.43. The van der Waals surface area contributed by atoms with E-state index in [2.05, 4.69) is 6.58 Å². The molecule has 6 heteroatoms. The third-order valence-corrected chi connectivity index (χ3v) is 1.64. The zero-order valence-corrected chi connectivity index (χ0v) is 7.71. The summed E-state index contributed by atoms with van der Waals surface area (Å²) in [6.07, 6.45) is -6.30. The predicted molar refractivity (Wildman–Crippen MR) is 44.5 cm³/mol. The maximum Gasteiger partial charge on any atom is 0.416 e. The van der Waals surface area contributed by atoms with Gasteiger partial charge in [0.05, 0.1) is 6.54 Å². The number of nitrogens with zero attached hydrogens (tertiary/aromatic N) is 1. The third kappa shape index (κ3) is 3.78. The molecule has 0 bridgehead atoms. The van der Waals surface area contributed by atoms with E-state index in [1.54, 1.807) is 0 Å². The van der Waals surface area contributed by atoms with Gasteiger partial charge in [0, 0.05) is 6.54 Å². The van der Waals surface area contributed by atoms with Crippen LogP contribution in [0.3, 0.4) is 0 Å². The topological polar surface area (TPSA) is 40.5 Å². The zero-order valence-electron chi connectivity index (χ0n) is 7.71. The number of aliphatic hydroxyl groups excluding tert-OH is 1. The molecule has 0 saturated heterocycles. The molecule has 0 aromatic rings. The van der Waals surface area contributed by atoms with Crippen molar-refractivity contribution in [2.75, 3.05) is 13.1 Å². The Kier molecular flexibility index (Phi) is 4.62. The Balaban J connectivity index is 4.33. The van der Waals surface area contributed by atoms with E-state index in [1.165, 1.54) is 6.92 Å². The summed E-state index contributed by atoms with van der Waals surface area (Å²) in [6, 6.07) is 0. The van der Waals surface area contributed by atoms with E-state index in [0.717, 1.165) is 11.0 Å². The monoisotopic (exact) mass is 211 g/mol. The van der Waals surface area contributed by atoms with Gasteiger partial charge in [-0.1, -0.05) is 6.58 Å². The van der Waals surface area contributed by atoms with Gasteiger partial charge in [-0.25, -0.2) is 0 Å². The van der Waals surface area contributed by atoms with Gasteiger partial charge in [0.25, 0.3) is 0 Å². The number of alkyl halides is 3. The molecule has 0 fully saturated rings. The molecule has 0 aliphatic heterocycles.